The highest BCUT2D eigenvalue weighted by atomic mass is 19.1. The molecular formula is C14H16FNO. The zero-order valence-corrected chi connectivity index (χ0v) is 9.71. The number of carbonyl (C=O) groups is 1. The maximum Gasteiger partial charge on any atom is 0.223 e. The summed E-state index contributed by atoms with van der Waals surface area (Å²) in [6.45, 7) is 0. The summed E-state index contributed by atoms with van der Waals surface area (Å²) in [5, 5.41) is 3.17. The Balaban J connectivity index is 1.80. The molecule has 0 heterocycles. The average Bonchev–Trinajstić information content (AvgIpc) is 3.08. The summed E-state index contributed by atoms with van der Waals surface area (Å²) in [7, 11) is 0. The molecule has 1 aromatic carbocycles. The summed E-state index contributed by atoms with van der Waals surface area (Å²) in [6.07, 6.45) is 5.10. The molecular weight excluding hydrogens is 217 g/mol. The van der Waals surface area contributed by atoms with Gasteiger partial charge in [0.25, 0.3) is 0 Å². The molecule has 0 radical (unpaired) electrons. The molecule has 2 aliphatic carbocycles. The molecule has 0 bridgehead atoms. The van der Waals surface area contributed by atoms with Gasteiger partial charge in [0.1, 0.15) is 5.82 Å². The van der Waals surface area contributed by atoms with Crippen LogP contribution < -0.4 is 5.32 Å². The highest BCUT2D eigenvalue weighted by molar-refractivity contribution is 5.82. The van der Waals surface area contributed by atoms with Crippen molar-refractivity contribution in [1.29, 1.82) is 0 Å². The molecule has 1 amide bonds. The molecule has 0 aliphatic heterocycles. The number of carbonyl (C=O) groups excluding carboxylic acids is 1. The standard InChI is InChI=1S/C14H16FNO/c15-12-6-4-11(5-7-12)14(8-1-9-14)16-13(17)10-2-3-10/h4-7,10H,1-3,8-9H2,(H,16,17). The van der Waals surface area contributed by atoms with Crippen LogP contribution in [0, 0.1) is 11.7 Å². The number of halogens is 1. The minimum atomic E-state index is -0.225. The fourth-order valence-corrected chi connectivity index (χ4v) is 2.47. The fourth-order valence-electron chi connectivity index (χ4n) is 2.47. The van der Waals surface area contributed by atoms with Crippen LogP contribution in [-0.2, 0) is 10.3 Å². The van der Waals surface area contributed by atoms with E-state index >= 15 is 0 Å². The summed E-state index contributed by atoms with van der Waals surface area (Å²) < 4.78 is 12.9. The number of hydrogen-bond donors (Lipinski definition) is 1. The van der Waals surface area contributed by atoms with Crippen LogP contribution in [0.2, 0.25) is 0 Å². The number of nitrogens with one attached hydrogen (secondary N) is 1. The van der Waals surface area contributed by atoms with Gasteiger partial charge in [0.2, 0.25) is 5.91 Å². The van der Waals surface area contributed by atoms with E-state index in [2.05, 4.69) is 5.32 Å². The fraction of sp³-hybridized carbons (Fsp3) is 0.500. The molecule has 17 heavy (non-hydrogen) atoms. The van der Waals surface area contributed by atoms with Crippen molar-refractivity contribution in [2.45, 2.75) is 37.6 Å². The Kier molecular flexibility index (Phi) is 2.42. The molecule has 3 heteroatoms. The van der Waals surface area contributed by atoms with Gasteiger partial charge in [0, 0.05) is 5.92 Å². The number of hydrogen-bond acceptors (Lipinski definition) is 1. The van der Waals surface area contributed by atoms with Crippen molar-refractivity contribution in [3.63, 3.8) is 0 Å². The maximum atomic E-state index is 12.9. The van der Waals surface area contributed by atoms with E-state index in [1.54, 1.807) is 12.1 Å². The highest BCUT2D eigenvalue weighted by Crippen LogP contribution is 2.42. The zero-order valence-electron chi connectivity index (χ0n) is 9.71. The van der Waals surface area contributed by atoms with Gasteiger partial charge in [-0.05, 0) is 49.8 Å². The van der Waals surface area contributed by atoms with E-state index in [0.717, 1.165) is 37.7 Å². The largest absolute Gasteiger partial charge is 0.346 e. The first kappa shape index (κ1) is 10.8. The first-order valence-corrected chi connectivity index (χ1v) is 6.28. The third-order valence-electron chi connectivity index (χ3n) is 3.91. The summed E-state index contributed by atoms with van der Waals surface area (Å²) in [4.78, 5) is 11.9. The van der Waals surface area contributed by atoms with E-state index in [1.165, 1.54) is 12.1 Å². The minimum absolute atomic E-state index is 0.175. The zero-order chi connectivity index (χ0) is 11.9. The smallest absolute Gasteiger partial charge is 0.223 e. The maximum absolute atomic E-state index is 12.9. The third-order valence-corrected chi connectivity index (χ3v) is 3.91. The van der Waals surface area contributed by atoms with E-state index in [0.29, 0.717) is 0 Å². The van der Waals surface area contributed by atoms with Gasteiger partial charge in [0.15, 0.2) is 0 Å². The molecule has 2 aliphatic rings. The van der Waals surface area contributed by atoms with Crippen molar-refractivity contribution in [3.05, 3.63) is 35.6 Å². The molecule has 2 nitrogen and oxygen atoms in total. The second kappa shape index (κ2) is 3.83. The monoisotopic (exact) mass is 233 g/mol. The van der Waals surface area contributed by atoms with Crippen LogP contribution in [0.15, 0.2) is 24.3 Å². The molecule has 2 fully saturated rings. The predicted octanol–water partition coefficient (Wildman–Crippen LogP) is 2.73. The van der Waals surface area contributed by atoms with E-state index in [-0.39, 0.29) is 23.2 Å². The predicted molar refractivity (Wildman–Crippen MR) is 62.8 cm³/mol. The lowest BCUT2D eigenvalue weighted by Gasteiger charge is -2.43. The highest BCUT2D eigenvalue weighted by Gasteiger charge is 2.42. The van der Waals surface area contributed by atoms with E-state index in [1.807, 2.05) is 0 Å². The Hall–Kier alpha value is -1.38. The van der Waals surface area contributed by atoms with Gasteiger partial charge < -0.3 is 5.32 Å². The van der Waals surface area contributed by atoms with Crippen LogP contribution >= 0.6 is 0 Å². The van der Waals surface area contributed by atoms with Crippen molar-refractivity contribution in [3.8, 4) is 0 Å². The third kappa shape index (κ3) is 1.94. The molecule has 0 unspecified atom stereocenters. The topological polar surface area (TPSA) is 29.1 Å². The number of benzene rings is 1. The Morgan fingerprint density at radius 2 is 1.88 bits per heavy atom. The second-order valence-electron chi connectivity index (χ2n) is 5.21. The molecule has 90 valence electrons. The van der Waals surface area contributed by atoms with Crippen molar-refractivity contribution in [2.24, 2.45) is 5.92 Å². The van der Waals surface area contributed by atoms with Crippen molar-refractivity contribution < 1.29 is 9.18 Å². The van der Waals surface area contributed by atoms with Gasteiger partial charge in [-0.3, -0.25) is 4.79 Å². The molecule has 0 spiro atoms. The van der Waals surface area contributed by atoms with Gasteiger partial charge in [-0.15, -0.1) is 0 Å². The van der Waals surface area contributed by atoms with Gasteiger partial charge in [0.05, 0.1) is 5.54 Å². The Bertz CT molecular complexity index is 432. The summed E-state index contributed by atoms with van der Waals surface area (Å²) in [6, 6.07) is 6.53. The van der Waals surface area contributed by atoms with Crippen molar-refractivity contribution in [2.75, 3.05) is 0 Å². The van der Waals surface area contributed by atoms with Crippen molar-refractivity contribution >= 4 is 5.91 Å². The normalized spacial score (nSPS) is 21.7. The molecule has 3 rings (SSSR count). The van der Waals surface area contributed by atoms with E-state index in [4.69, 9.17) is 0 Å². The summed E-state index contributed by atoms with van der Waals surface area (Å²) in [5.41, 5.74) is 0.826. The summed E-state index contributed by atoms with van der Waals surface area (Å²) >= 11 is 0. The van der Waals surface area contributed by atoms with Crippen molar-refractivity contribution in [1.82, 2.24) is 5.32 Å². The van der Waals surface area contributed by atoms with Gasteiger partial charge in [-0.25, -0.2) is 4.39 Å². The Morgan fingerprint density at radius 1 is 1.24 bits per heavy atom. The van der Waals surface area contributed by atoms with Gasteiger partial charge in [-0.1, -0.05) is 12.1 Å². The SMILES string of the molecule is O=C(NC1(c2ccc(F)cc2)CCC1)C1CC1. The lowest BCUT2D eigenvalue weighted by Crippen LogP contribution is -2.51. The molecule has 1 aromatic rings. The lowest BCUT2D eigenvalue weighted by molar-refractivity contribution is -0.125. The number of amides is 1. The molecule has 2 saturated carbocycles. The average molecular weight is 233 g/mol. The Morgan fingerprint density at radius 3 is 2.35 bits per heavy atom. The molecule has 1 N–H and O–H groups in total. The Labute approximate surface area is 100 Å². The van der Waals surface area contributed by atoms with Crippen LogP contribution in [0.3, 0.4) is 0 Å². The molecule has 0 aromatic heterocycles. The van der Waals surface area contributed by atoms with Gasteiger partial charge >= 0.3 is 0 Å². The first-order chi connectivity index (χ1) is 8.20. The minimum Gasteiger partial charge on any atom is -0.346 e. The van der Waals surface area contributed by atoms with Crippen LogP contribution in [0.4, 0.5) is 4.39 Å². The van der Waals surface area contributed by atoms with E-state index in [9.17, 15) is 9.18 Å². The van der Waals surface area contributed by atoms with Crippen LogP contribution in [0.25, 0.3) is 0 Å². The molecule has 0 saturated heterocycles. The van der Waals surface area contributed by atoms with Gasteiger partial charge in [-0.2, -0.15) is 0 Å². The van der Waals surface area contributed by atoms with Crippen LogP contribution in [0.1, 0.15) is 37.7 Å². The summed E-state index contributed by atoms with van der Waals surface area (Å²) in [5.74, 6) is 0.179. The number of rotatable bonds is 3. The molecule has 0 atom stereocenters. The second-order valence-corrected chi connectivity index (χ2v) is 5.21. The van der Waals surface area contributed by atoms with E-state index < -0.39 is 0 Å². The quantitative estimate of drug-likeness (QED) is 0.854. The van der Waals surface area contributed by atoms with Crippen LogP contribution in [-0.4, -0.2) is 5.91 Å². The van der Waals surface area contributed by atoms with Crippen LogP contribution in [0.5, 0.6) is 0 Å². The first-order valence-electron chi connectivity index (χ1n) is 6.28. The lowest BCUT2D eigenvalue weighted by atomic mass is 9.71.